The molecule has 1 aliphatic heterocycles. The molecule has 0 fully saturated rings. The lowest BCUT2D eigenvalue weighted by atomic mass is 10.0. The summed E-state index contributed by atoms with van der Waals surface area (Å²) in [5.41, 5.74) is 4.46. The van der Waals surface area contributed by atoms with E-state index in [2.05, 4.69) is 6.58 Å². The molecule has 0 saturated heterocycles. The van der Waals surface area contributed by atoms with Crippen LogP contribution in [0.3, 0.4) is 0 Å². The number of benzene rings is 3. The minimum absolute atomic E-state index is 0.0221. The van der Waals surface area contributed by atoms with E-state index in [4.69, 9.17) is 21.1 Å². The van der Waals surface area contributed by atoms with E-state index in [1.54, 1.807) is 17.0 Å². The van der Waals surface area contributed by atoms with Crippen molar-refractivity contribution in [2.24, 2.45) is 0 Å². The number of nitrogens with zero attached hydrogens (tertiary/aromatic N) is 1. The van der Waals surface area contributed by atoms with Gasteiger partial charge in [0.25, 0.3) is 10.1 Å². The smallest absolute Gasteiger partial charge is 0.266 e. The molecule has 0 radical (unpaired) electrons. The fourth-order valence-corrected chi connectivity index (χ4v) is 4.61. The molecule has 0 bridgehead atoms. The first kappa shape index (κ1) is 26.5. The summed E-state index contributed by atoms with van der Waals surface area (Å²) < 4.78 is 44.6. The van der Waals surface area contributed by atoms with Gasteiger partial charge in [0.2, 0.25) is 5.88 Å². The van der Waals surface area contributed by atoms with Crippen LogP contribution < -0.4 is 14.4 Å². The van der Waals surface area contributed by atoms with Gasteiger partial charge in [-0.1, -0.05) is 61.5 Å². The first-order chi connectivity index (χ1) is 17.6. The van der Waals surface area contributed by atoms with Gasteiger partial charge in [-0.05, 0) is 72.0 Å². The number of ether oxygens (including phenoxy) is 2. The largest absolute Gasteiger partial charge is 0.458 e. The van der Waals surface area contributed by atoms with E-state index in [1.165, 1.54) is 0 Å². The Bertz CT molecular complexity index is 1480. The molecule has 0 saturated carbocycles. The second kappa shape index (κ2) is 11.3. The van der Waals surface area contributed by atoms with Crippen LogP contribution in [0.2, 0.25) is 5.02 Å². The third-order valence-electron chi connectivity index (χ3n) is 5.85. The lowest BCUT2D eigenvalue weighted by Gasteiger charge is -2.18. The van der Waals surface area contributed by atoms with E-state index in [1.807, 2.05) is 80.6 Å². The third kappa shape index (κ3) is 6.83. The molecule has 3 aromatic carbocycles. The zero-order chi connectivity index (χ0) is 26.6. The molecule has 0 unspecified atom stereocenters. The Kier molecular flexibility index (Phi) is 8.07. The fraction of sp³-hybridized carbons (Fsp3) is 0.172. The van der Waals surface area contributed by atoms with Crippen LogP contribution in [0.15, 0.2) is 103 Å². The van der Waals surface area contributed by atoms with Crippen LogP contribution in [0.4, 0.5) is 5.69 Å². The Morgan fingerprint density at radius 3 is 2.54 bits per heavy atom. The Morgan fingerprint density at radius 1 is 1.11 bits per heavy atom. The Labute approximate surface area is 222 Å². The molecule has 1 N–H and O–H groups in total. The highest BCUT2D eigenvalue weighted by Gasteiger charge is 2.28. The van der Waals surface area contributed by atoms with E-state index >= 15 is 0 Å². The molecule has 0 atom stereocenters. The molecule has 4 rings (SSSR count). The van der Waals surface area contributed by atoms with Gasteiger partial charge in [-0.3, -0.25) is 4.55 Å². The van der Waals surface area contributed by atoms with Crippen molar-refractivity contribution in [3.05, 3.63) is 113 Å². The number of anilines is 1. The summed E-state index contributed by atoms with van der Waals surface area (Å²) in [6, 6.07) is 21.0. The molecule has 6 nitrogen and oxygen atoms in total. The molecule has 8 heteroatoms. The summed E-state index contributed by atoms with van der Waals surface area (Å²) in [5, 5.41) is 0.628. The number of hydrogen-bond donors (Lipinski definition) is 1. The van der Waals surface area contributed by atoms with Crippen LogP contribution in [0.25, 0.3) is 11.1 Å². The Balaban J connectivity index is 1.64. The monoisotopic (exact) mass is 537 g/mol. The average Bonchev–Trinajstić information content (AvgIpc) is 3.20. The summed E-state index contributed by atoms with van der Waals surface area (Å²) in [7, 11) is -4.18. The van der Waals surface area contributed by atoms with E-state index < -0.39 is 15.9 Å². The molecular weight excluding hydrogens is 510 g/mol. The maximum atomic E-state index is 11.6. The van der Waals surface area contributed by atoms with Crippen molar-refractivity contribution >= 4 is 27.4 Å². The molecule has 1 aliphatic rings. The van der Waals surface area contributed by atoms with Gasteiger partial charge in [0.05, 0.1) is 11.4 Å². The van der Waals surface area contributed by atoms with Crippen molar-refractivity contribution in [2.75, 3.05) is 17.2 Å². The Morgan fingerprint density at radius 2 is 1.86 bits per heavy atom. The average molecular weight is 538 g/mol. The number of aryl methyl sites for hydroxylation is 1. The van der Waals surface area contributed by atoms with Crippen molar-refractivity contribution in [2.45, 2.75) is 20.3 Å². The van der Waals surface area contributed by atoms with Crippen LogP contribution in [0.1, 0.15) is 18.9 Å². The van der Waals surface area contributed by atoms with Gasteiger partial charge in [0.15, 0.2) is 5.75 Å². The van der Waals surface area contributed by atoms with Crippen molar-refractivity contribution in [1.82, 2.24) is 0 Å². The van der Waals surface area contributed by atoms with Gasteiger partial charge in [-0.2, -0.15) is 8.42 Å². The summed E-state index contributed by atoms with van der Waals surface area (Å²) in [5.74, 6) is 1.70. The van der Waals surface area contributed by atoms with Gasteiger partial charge < -0.3 is 14.4 Å². The number of hydrogen-bond acceptors (Lipinski definition) is 5. The van der Waals surface area contributed by atoms with Gasteiger partial charge in [0, 0.05) is 17.6 Å². The zero-order valence-corrected chi connectivity index (χ0v) is 22.2. The van der Waals surface area contributed by atoms with Gasteiger partial charge in [-0.15, -0.1) is 0 Å². The first-order valence-corrected chi connectivity index (χ1v) is 13.8. The number of fused-ring (bicyclic) bond motifs is 1. The van der Waals surface area contributed by atoms with E-state index in [0.29, 0.717) is 34.6 Å². The summed E-state index contributed by atoms with van der Waals surface area (Å²) in [6.45, 7) is 7.93. The number of allylic oxidation sites excluding steroid dienone is 3. The van der Waals surface area contributed by atoms with Crippen LogP contribution >= 0.6 is 11.6 Å². The standard InChI is InChI=1S/C29H28ClNO5S/c1-4-22(17-21(3)35-27-13-11-25(30)16-20(27)2)18-29-31(14-15-37(32,33)34)26-19-24(10-12-28(26)36-29)23-8-6-5-7-9-23/h5-13,16-19H,3-4,14-15H2,1-2H3,(H,32,33,34)/b22-17+,29-18-. The van der Waals surface area contributed by atoms with Crippen molar-refractivity contribution in [1.29, 1.82) is 0 Å². The molecule has 37 heavy (non-hydrogen) atoms. The van der Waals surface area contributed by atoms with E-state index in [-0.39, 0.29) is 6.54 Å². The van der Waals surface area contributed by atoms with Crippen LogP contribution in [-0.4, -0.2) is 25.3 Å². The van der Waals surface area contributed by atoms with Crippen LogP contribution in [0, 0.1) is 6.92 Å². The van der Waals surface area contributed by atoms with Crippen LogP contribution in [0.5, 0.6) is 11.5 Å². The van der Waals surface area contributed by atoms with Gasteiger partial charge >= 0.3 is 0 Å². The summed E-state index contributed by atoms with van der Waals surface area (Å²) in [6.07, 6.45) is 4.28. The highest BCUT2D eigenvalue weighted by molar-refractivity contribution is 7.85. The molecule has 0 aliphatic carbocycles. The SMILES string of the molecule is C=C(/C=C(/C=C1\Oc2ccc(-c3ccccc3)cc2N1CCS(=O)(=O)O)CC)Oc1ccc(Cl)cc1C. The second-order valence-electron chi connectivity index (χ2n) is 8.62. The predicted molar refractivity (Wildman–Crippen MR) is 149 cm³/mol. The number of rotatable bonds is 9. The summed E-state index contributed by atoms with van der Waals surface area (Å²) >= 11 is 6.04. The number of halogens is 1. The molecular formula is C29H28ClNO5S. The second-order valence-corrected chi connectivity index (χ2v) is 10.6. The molecule has 192 valence electrons. The molecule has 1 heterocycles. The lowest BCUT2D eigenvalue weighted by Crippen LogP contribution is -2.27. The fourth-order valence-electron chi connectivity index (χ4n) is 3.97. The first-order valence-electron chi connectivity index (χ1n) is 11.8. The van der Waals surface area contributed by atoms with Crippen molar-refractivity contribution in [3.63, 3.8) is 0 Å². The van der Waals surface area contributed by atoms with Crippen molar-refractivity contribution in [3.8, 4) is 22.6 Å². The highest BCUT2D eigenvalue weighted by Crippen LogP contribution is 2.42. The van der Waals surface area contributed by atoms with Crippen molar-refractivity contribution < 1.29 is 22.4 Å². The van der Waals surface area contributed by atoms with Crippen LogP contribution in [-0.2, 0) is 10.1 Å². The van der Waals surface area contributed by atoms with E-state index in [9.17, 15) is 13.0 Å². The minimum Gasteiger partial charge on any atom is -0.458 e. The third-order valence-corrected chi connectivity index (χ3v) is 6.79. The molecule has 0 aromatic heterocycles. The quantitative estimate of drug-likeness (QED) is 0.177. The highest BCUT2D eigenvalue weighted by atomic mass is 35.5. The summed E-state index contributed by atoms with van der Waals surface area (Å²) in [4.78, 5) is 1.76. The molecule has 3 aromatic rings. The minimum atomic E-state index is -4.18. The zero-order valence-electron chi connectivity index (χ0n) is 20.6. The predicted octanol–water partition coefficient (Wildman–Crippen LogP) is 7.17. The maximum absolute atomic E-state index is 11.6. The normalized spacial score (nSPS) is 14.4. The van der Waals surface area contributed by atoms with Gasteiger partial charge in [-0.25, -0.2) is 0 Å². The lowest BCUT2D eigenvalue weighted by molar-refractivity contribution is 0.436. The molecule has 0 spiro atoms. The Hall–Kier alpha value is -3.52. The topological polar surface area (TPSA) is 76.1 Å². The van der Waals surface area contributed by atoms with Gasteiger partial charge in [0.1, 0.15) is 11.5 Å². The molecule has 0 amide bonds. The van der Waals surface area contributed by atoms with E-state index in [0.717, 1.165) is 28.0 Å². The maximum Gasteiger partial charge on any atom is 0.266 e.